The third-order valence-corrected chi connectivity index (χ3v) is 2.21. The fourth-order valence-electron chi connectivity index (χ4n) is 1.24. The van der Waals surface area contributed by atoms with Gasteiger partial charge in [-0.25, -0.2) is 0 Å². The minimum absolute atomic E-state index is 0.0620. The summed E-state index contributed by atoms with van der Waals surface area (Å²) in [7, 11) is 0. The second-order valence-electron chi connectivity index (χ2n) is 3.48. The molecule has 0 aliphatic heterocycles. The molecule has 1 unspecified atom stereocenters. The molecule has 1 aromatic rings. The molecule has 0 radical (unpaired) electrons. The number of hydrogen-bond donors (Lipinski definition) is 2. The van der Waals surface area contributed by atoms with Gasteiger partial charge in [0, 0.05) is 0 Å². The molecule has 1 rings (SSSR count). The van der Waals surface area contributed by atoms with Crippen LogP contribution in [-0.2, 0) is 11.2 Å². The smallest absolute Gasteiger partial charge is 0.149 e. The Morgan fingerprint density at radius 3 is 2.43 bits per heavy atom. The molecule has 0 fully saturated rings. The number of benzene rings is 1. The molecule has 0 saturated heterocycles. The van der Waals surface area contributed by atoms with E-state index in [0.717, 1.165) is 5.56 Å². The Morgan fingerprint density at radius 1 is 1.43 bits per heavy atom. The highest BCUT2D eigenvalue weighted by Crippen LogP contribution is 2.06. The van der Waals surface area contributed by atoms with Crippen molar-refractivity contribution in [2.24, 2.45) is 0 Å². The minimum Gasteiger partial charge on any atom is -0.316 e. The largest absolute Gasteiger partial charge is 0.316 e. The predicted octanol–water partition coefficient (Wildman–Crippen LogP) is 1.47. The fraction of sp³-hybridized carbons (Fsp3) is 0.364. The van der Waals surface area contributed by atoms with E-state index in [-0.39, 0.29) is 5.78 Å². The Morgan fingerprint density at radius 2 is 2.00 bits per heavy atom. The standard InChI is InChI=1S/C11H15NO2/c1-8-3-5-10(6-4-8)7-11(12-14)9(2)13/h3-6,11-12,14H,7H2,1-2H3. The summed E-state index contributed by atoms with van der Waals surface area (Å²) in [4.78, 5) is 11.0. The second kappa shape index (κ2) is 4.88. The number of Topliss-reactive ketones (excluding diaryl/α,β-unsaturated/α-hetero) is 1. The Balaban J connectivity index is 2.67. The predicted molar refractivity (Wildman–Crippen MR) is 54.3 cm³/mol. The van der Waals surface area contributed by atoms with Crippen LogP contribution < -0.4 is 5.48 Å². The van der Waals surface area contributed by atoms with E-state index in [1.54, 1.807) is 0 Å². The molecule has 0 aromatic heterocycles. The normalized spacial score (nSPS) is 12.5. The number of ketones is 1. The van der Waals surface area contributed by atoms with Crippen LogP contribution in [0.4, 0.5) is 0 Å². The molecule has 0 aliphatic rings. The molecule has 14 heavy (non-hydrogen) atoms. The van der Waals surface area contributed by atoms with E-state index in [0.29, 0.717) is 6.42 Å². The molecule has 0 amide bonds. The number of hydroxylamine groups is 1. The van der Waals surface area contributed by atoms with Gasteiger partial charge in [-0.1, -0.05) is 29.8 Å². The van der Waals surface area contributed by atoms with Gasteiger partial charge < -0.3 is 5.21 Å². The molecule has 1 aromatic carbocycles. The third kappa shape index (κ3) is 2.94. The lowest BCUT2D eigenvalue weighted by atomic mass is 10.0. The van der Waals surface area contributed by atoms with Crippen molar-refractivity contribution < 1.29 is 10.0 Å². The van der Waals surface area contributed by atoms with Gasteiger partial charge >= 0.3 is 0 Å². The maximum absolute atomic E-state index is 11.0. The van der Waals surface area contributed by atoms with E-state index in [1.807, 2.05) is 36.7 Å². The molecule has 0 aliphatic carbocycles. The highest BCUT2D eigenvalue weighted by atomic mass is 16.5. The molecule has 3 heteroatoms. The summed E-state index contributed by atoms with van der Waals surface area (Å²) in [6, 6.07) is 7.40. The first kappa shape index (κ1) is 10.9. The molecule has 1 atom stereocenters. The first-order valence-electron chi connectivity index (χ1n) is 4.59. The number of carbonyl (C=O) groups excluding carboxylic acids is 1. The van der Waals surface area contributed by atoms with Crippen LogP contribution in [0.25, 0.3) is 0 Å². The Labute approximate surface area is 83.7 Å². The highest BCUT2D eigenvalue weighted by Gasteiger charge is 2.12. The summed E-state index contributed by atoms with van der Waals surface area (Å²) in [6.45, 7) is 3.47. The van der Waals surface area contributed by atoms with Crippen molar-refractivity contribution in [2.75, 3.05) is 0 Å². The fourth-order valence-corrected chi connectivity index (χ4v) is 1.24. The number of nitrogens with one attached hydrogen (secondary N) is 1. The third-order valence-electron chi connectivity index (χ3n) is 2.21. The van der Waals surface area contributed by atoms with Crippen molar-refractivity contribution in [2.45, 2.75) is 26.3 Å². The van der Waals surface area contributed by atoms with Gasteiger partial charge in [-0.3, -0.25) is 4.79 Å². The van der Waals surface area contributed by atoms with Gasteiger partial charge in [0.05, 0.1) is 6.04 Å². The van der Waals surface area contributed by atoms with E-state index in [2.05, 4.69) is 0 Å². The van der Waals surface area contributed by atoms with Crippen LogP contribution in [0.1, 0.15) is 18.1 Å². The zero-order valence-corrected chi connectivity index (χ0v) is 8.45. The maximum Gasteiger partial charge on any atom is 0.149 e. The van der Waals surface area contributed by atoms with Crippen LogP contribution in [0.15, 0.2) is 24.3 Å². The molecule has 0 spiro atoms. The average Bonchev–Trinajstić information content (AvgIpc) is 2.16. The summed E-state index contributed by atoms with van der Waals surface area (Å²) < 4.78 is 0. The Hall–Kier alpha value is -1.19. The van der Waals surface area contributed by atoms with Crippen LogP contribution >= 0.6 is 0 Å². The number of hydrogen-bond acceptors (Lipinski definition) is 3. The van der Waals surface area contributed by atoms with Crippen molar-refractivity contribution >= 4 is 5.78 Å². The van der Waals surface area contributed by atoms with E-state index >= 15 is 0 Å². The molecule has 0 heterocycles. The van der Waals surface area contributed by atoms with Gasteiger partial charge in [0.2, 0.25) is 0 Å². The van der Waals surface area contributed by atoms with Crippen LogP contribution in [0.5, 0.6) is 0 Å². The van der Waals surface area contributed by atoms with E-state index in [9.17, 15) is 4.79 Å². The van der Waals surface area contributed by atoms with Crippen molar-refractivity contribution in [3.63, 3.8) is 0 Å². The summed E-state index contributed by atoms with van der Waals surface area (Å²) in [6.07, 6.45) is 0.520. The molecular formula is C11H15NO2. The number of rotatable bonds is 4. The zero-order valence-electron chi connectivity index (χ0n) is 8.45. The van der Waals surface area contributed by atoms with Crippen molar-refractivity contribution in [3.8, 4) is 0 Å². The van der Waals surface area contributed by atoms with Gasteiger partial charge in [0.15, 0.2) is 0 Å². The average molecular weight is 193 g/mol. The number of aryl methyl sites for hydroxylation is 1. The highest BCUT2D eigenvalue weighted by molar-refractivity contribution is 5.81. The zero-order chi connectivity index (χ0) is 10.6. The summed E-state index contributed by atoms with van der Waals surface area (Å²) in [5, 5.41) is 8.74. The molecule has 2 N–H and O–H groups in total. The van der Waals surface area contributed by atoms with Crippen LogP contribution in [0.3, 0.4) is 0 Å². The lowest BCUT2D eigenvalue weighted by Crippen LogP contribution is -2.34. The summed E-state index contributed by atoms with van der Waals surface area (Å²) in [5.74, 6) is -0.0620. The lowest BCUT2D eigenvalue weighted by Gasteiger charge is -2.11. The molecule has 0 bridgehead atoms. The topological polar surface area (TPSA) is 49.3 Å². The van der Waals surface area contributed by atoms with Gasteiger partial charge in [-0.15, -0.1) is 0 Å². The Kier molecular flexibility index (Phi) is 3.80. The van der Waals surface area contributed by atoms with E-state index in [1.165, 1.54) is 12.5 Å². The van der Waals surface area contributed by atoms with Crippen LogP contribution in [0, 0.1) is 6.92 Å². The monoisotopic (exact) mass is 193 g/mol. The SMILES string of the molecule is CC(=O)C(Cc1ccc(C)cc1)NO. The summed E-state index contributed by atoms with van der Waals surface area (Å²) >= 11 is 0. The van der Waals surface area contributed by atoms with Gasteiger partial charge in [0.25, 0.3) is 0 Å². The van der Waals surface area contributed by atoms with E-state index in [4.69, 9.17) is 5.21 Å². The molecular weight excluding hydrogens is 178 g/mol. The molecule has 0 saturated carbocycles. The van der Waals surface area contributed by atoms with Crippen molar-refractivity contribution in [3.05, 3.63) is 35.4 Å². The van der Waals surface area contributed by atoms with Gasteiger partial charge in [0.1, 0.15) is 5.78 Å². The van der Waals surface area contributed by atoms with Gasteiger partial charge in [-0.05, 0) is 25.8 Å². The van der Waals surface area contributed by atoms with Crippen molar-refractivity contribution in [1.29, 1.82) is 0 Å². The van der Waals surface area contributed by atoms with Crippen LogP contribution in [-0.4, -0.2) is 17.0 Å². The number of carbonyl (C=O) groups is 1. The van der Waals surface area contributed by atoms with Gasteiger partial charge in [-0.2, -0.15) is 5.48 Å². The van der Waals surface area contributed by atoms with Crippen LogP contribution in [0.2, 0.25) is 0 Å². The lowest BCUT2D eigenvalue weighted by molar-refractivity contribution is -0.121. The summed E-state index contributed by atoms with van der Waals surface area (Å²) in [5.41, 5.74) is 4.24. The second-order valence-corrected chi connectivity index (χ2v) is 3.48. The molecule has 3 nitrogen and oxygen atoms in total. The minimum atomic E-state index is -0.502. The van der Waals surface area contributed by atoms with E-state index < -0.39 is 6.04 Å². The first-order valence-corrected chi connectivity index (χ1v) is 4.59. The Bertz CT molecular complexity index is 306. The quantitative estimate of drug-likeness (QED) is 0.712. The maximum atomic E-state index is 11.0. The van der Waals surface area contributed by atoms with Crippen molar-refractivity contribution in [1.82, 2.24) is 5.48 Å². The molecule has 76 valence electrons. The first-order chi connectivity index (χ1) is 6.63.